The van der Waals surface area contributed by atoms with Crippen molar-refractivity contribution in [3.63, 3.8) is 0 Å². The first-order valence-corrected chi connectivity index (χ1v) is 7.20. The molecular formula is C14H26N2O3. The number of carboxylic acid groups (broad SMARTS) is 1. The van der Waals surface area contributed by atoms with Crippen LogP contribution in [-0.4, -0.2) is 41.1 Å². The van der Waals surface area contributed by atoms with Crippen LogP contribution in [0.5, 0.6) is 0 Å². The van der Waals surface area contributed by atoms with Gasteiger partial charge in [0.25, 0.3) is 0 Å². The Morgan fingerprint density at radius 1 is 1.26 bits per heavy atom. The molecule has 0 heterocycles. The number of nitrogens with one attached hydrogen (secondary N) is 1. The second kappa shape index (κ2) is 6.78. The third kappa shape index (κ3) is 4.40. The molecule has 5 heteroatoms. The number of carboxylic acids is 1. The van der Waals surface area contributed by atoms with Crippen molar-refractivity contribution >= 4 is 12.0 Å². The Morgan fingerprint density at radius 2 is 1.79 bits per heavy atom. The van der Waals surface area contributed by atoms with E-state index in [0.717, 1.165) is 25.7 Å². The Balaban J connectivity index is 2.62. The van der Waals surface area contributed by atoms with Gasteiger partial charge in [-0.3, -0.25) is 0 Å². The van der Waals surface area contributed by atoms with Gasteiger partial charge in [-0.15, -0.1) is 0 Å². The molecular weight excluding hydrogens is 244 g/mol. The van der Waals surface area contributed by atoms with E-state index in [1.165, 1.54) is 0 Å². The number of carbonyl (C=O) groups is 2. The van der Waals surface area contributed by atoms with Crippen molar-refractivity contribution < 1.29 is 14.7 Å². The van der Waals surface area contributed by atoms with Crippen LogP contribution in [0.1, 0.15) is 52.9 Å². The molecule has 0 saturated heterocycles. The summed E-state index contributed by atoms with van der Waals surface area (Å²) in [6.45, 7) is 7.08. The largest absolute Gasteiger partial charge is 0.480 e. The number of carbonyl (C=O) groups excluding carboxylic acids is 1. The second-order valence-electron chi connectivity index (χ2n) is 5.73. The van der Waals surface area contributed by atoms with E-state index >= 15 is 0 Å². The number of aliphatic carboxylic acids is 1. The summed E-state index contributed by atoms with van der Waals surface area (Å²) in [4.78, 5) is 24.9. The van der Waals surface area contributed by atoms with Gasteiger partial charge in [0.1, 0.15) is 6.04 Å². The van der Waals surface area contributed by atoms with Crippen LogP contribution in [0.25, 0.3) is 0 Å². The van der Waals surface area contributed by atoms with Crippen LogP contribution < -0.4 is 5.32 Å². The van der Waals surface area contributed by atoms with Crippen LogP contribution in [0, 0.1) is 5.41 Å². The first kappa shape index (κ1) is 15.8. The highest BCUT2D eigenvalue weighted by molar-refractivity contribution is 5.82. The second-order valence-corrected chi connectivity index (χ2v) is 5.73. The Hall–Kier alpha value is -1.26. The van der Waals surface area contributed by atoms with E-state index in [2.05, 4.69) is 12.2 Å². The standard InChI is InChI=1S/C14H26N2O3/c1-4-16(5-2)13(19)15-11(12(17)18)10-14(3)8-6-7-9-14/h11H,4-10H2,1-3H3,(H,15,19)(H,17,18)/t11-/m0/s1. The number of rotatable bonds is 6. The van der Waals surface area contributed by atoms with E-state index in [1.807, 2.05) is 13.8 Å². The van der Waals surface area contributed by atoms with Gasteiger partial charge in [0.2, 0.25) is 0 Å². The molecule has 1 aliphatic rings. The van der Waals surface area contributed by atoms with Crippen molar-refractivity contribution in [3.8, 4) is 0 Å². The number of amides is 2. The maximum absolute atomic E-state index is 11.9. The summed E-state index contributed by atoms with van der Waals surface area (Å²) in [5, 5.41) is 11.9. The fraction of sp³-hybridized carbons (Fsp3) is 0.857. The number of nitrogens with zero attached hydrogens (tertiary/aromatic N) is 1. The van der Waals surface area contributed by atoms with Crippen LogP contribution in [0.4, 0.5) is 4.79 Å². The molecule has 2 N–H and O–H groups in total. The molecule has 0 aromatic rings. The highest BCUT2D eigenvalue weighted by Gasteiger charge is 2.35. The van der Waals surface area contributed by atoms with E-state index in [-0.39, 0.29) is 11.4 Å². The molecule has 0 bridgehead atoms. The van der Waals surface area contributed by atoms with Crippen molar-refractivity contribution in [3.05, 3.63) is 0 Å². The molecule has 5 nitrogen and oxygen atoms in total. The monoisotopic (exact) mass is 270 g/mol. The molecule has 1 aliphatic carbocycles. The number of urea groups is 1. The van der Waals surface area contributed by atoms with E-state index < -0.39 is 12.0 Å². The third-order valence-corrected chi connectivity index (χ3v) is 4.15. The normalized spacial score (nSPS) is 18.9. The predicted octanol–water partition coefficient (Wildman–Crippen LogP) is 2.46. The summed E-state index contributed by atoms with van der Waals surface area (Å²) in [6.07, 6.45) is 4.95. The lowest BCUT2D eigenvalue weighted by atomic mass is 9.82. The van der Waals surface area contributed by atoms with Crippen molar-refractivity contribution in [2.75, 3.05) is 13.1 Å². The topological polar surface area (TPSA) is 69.6 Å². The first-order chi connectivity index (χ1) is 8.91. The predicted molar refractivity (Wildman–Crippen MR) is 74.1 cm³/mol. The summed E-state index contributed by atoms with van der Waals surface area (Å²) in [5.41, 5.74) is 0.0552. The summed E-state index contributed by atoms with van der Waals surface area (Å²) in [6, 6.07) is -1.06. The zero-order valence-corrected chi connectivity index (χ0v) is 12.2. The highest BCUT2D eigenvalue weighted by Crippen LogP contribution is 2.41. The maximum atomic E-state index is 11.9. The fourth-order valence-corrected chi connectivity index (χ4v) is 2.88. The van der Waals surface area contributed by atoms with Crippen molar-refractivity contribution in [1.82, 2.24) is 10.2 Å². The van der Waals surface area contributed by atoms with Gasteiger partial charge in [-0.2, -0.15) is 0 Å². The van der Waals surface area contributed by atoms with Gasteiger partial charge >= 0.3 is 12.0 Å². The molecule has 1 fully saturated rings. The van der Waals surface area contributed by atoms with Gasteiger partial charge in [0.15, 0.2) is 0 Å². The minimum absolute atomic E-state index is 0.0552. The van der Waals surface area contributed by atoms with E-state index in [9.17, 15) is 14.7 Å². The molecule has 0 radical (unpaired) electrons. The molecule has 0 aromatic heterocycles. The SMILES string of the molecule is CCN(CC)C(=O)N[C@@H](CC1(C)CCCC1)C(=O)O. The molecule has 0 aromatic carbocycles. The van der Waals surface area contributed by atoms with Gasteiger partial charge in [-0.25, -0.2) is 9.59 Å². The van der Waals surface area contributed by atoms with Gasteiger partial charge in [-0.1, -0.05) is 19.8 Å². The molecule has 1 atom stereocenters. The van der Waals surface area contributed by atoms with Crippen molar-refractivity contribution in [2.24, 2.45) is 5.41 Å². The zero-order chi connectivity index (χ0) is 14.5. The van der Waals surface area contributed by atoms with Crippen molar-refractivity contribution in [2.45, 2.75) is 58.9 Å². The number of hydrogen-bond donors (Lipinski definition) is 2. The average molecular weight is 270 g/mol. The van der Waals surface area contributed by atoms with E-state index in [0.29, 0.717) is 19.5 Å². The van der Waals surface area contributed by atoms with Crippen LogP contribution in [-0.2, 0) is 4.79 Å². The van der Waals surface area contributed by atoms with Crippen LogP contribution >= 0.6 is 0 Å². The van der Waals surface area contributed by atoms with Crippen LogP contribution in [0.15, 0.2) is 0 Å². The lowest BCUT2D eigenvalue weighted by Gasteiger charge is -2.29. The maximum Gasteiger partial charge on any atom is 0.326 e. The lowest BCUT2D eigenvalue weighted by Crippen LogP contribution is -2.49. The first-order valence-electron chi connectivity index (χ1n) is 7.20. The lowest BCUT2D eigenvalue weighted by molar-refractivity contribution is -0.140. The van der Waals surface area contributed by atoms with E-state index in [4.69, 9.17) is 0 Å². The minimum Gasteiger partial charge on any atom is -0.480 e. The third-order valence-electron chi connectivity index (χ3n) is 4.15. The Bertz CT molecular complexity index is 321. The highest BCUT2D eigenvalue weighted by atomic mass is 16.4. The Kier molecular flexibility index (Phi) is 5.63. The zero-order valence-electron chi connectivity index (χ0n) is 12.2. The van der Waals surface area contributed by atoms with Crippen LogP contribution in [0.2, 0.25) is 0 Å². The summed E-state index contributed by atoms with van der Waals surface area (Å²) < 4.78 is 0. The molecule has 0 aliphatic heterocycles. The fourth-order valence-electron chi connectivity index (χ4n) is 2.88. The van der Waals surface area contributed by atoms with Crippen molar-refractivity contribution in [1.29, 1.82) is 0 Å². The molecule has 0 unspecified atom stereocenters. The number of hydrogen-bond acceptors (Lipinski definition) is 2. The minimum atomic E-state index is -0.936. The quantitative estimate of drug-likeness (QED) is 0.779. The van der Waals surface area contributed by atoms with Gasteiger partial charge in [-0.05, 0) is 38.5 Å². The summed E-state index contributed by atoms with van der Waals surface area (Å²) in [5.74, 6) is -0.936. The summed E-state index contributed by atoms with van der Waals surface area (Å²) in [7, 11) is 0. The van der Waals surface area contributed by atoms with Gasteiger partial charge in [0, 0.05) is 13.1 Å². The molecule has 0 spiro atoms. The smallest absolute Gasteiger partial charge is 0.326 e. The van der Waals surface area contributed by atoms with Gasteiger partial charge in [0.05, 0.1) is 0 Å². The Labute approximate surface area is 115 Å². The summed E-state index contributed by atoms with van der Waals surface area (Å²) >= 11 is 0. The van der Waals surface area contributed by atoms with Gasteiger partial charge < -0.3 is 15.3 Å². The average Bonchev–Trinajstić information content (AvgIpc) is 2.76. The molecule has 1 saturated carbocycles. The Morgan fingerprint density at radius 3 is 2.21 bits per heavy atom. The molecule has 2 amide bonds. The molecule has 110 valence electrons. The van der Waals surface area contributed by atoms with E-state index in [1.54, 1.807) is 4.90 Å². The molecule has 1 rings (SSSR count). The molecule has 19 heavy (non-hydrogen) atoms. The van der Waals surface area contributed by atoms with Crippen LogP contribution in [0.3, 0.4) is 0 Å².